The topological polar surface area (TPSA) is 258 Å². The van der Waals surface area contributed by atoms with Gasteiger partial charge in [-0.25, -0.2) is 9.59 Å². The fourth-order valence-corrected chi connectivity index (χ4v) is 11.0. The smallest absolute Gasteiger partial charge is 0.487 e. The molecule has 0 aliphatic rings. The van der Waals surface area contributed by atoms with E-state index in [4.69, 9.17) is 30.9 Å². The molecule has 6 N–H and O–H groups in total. The minimum atomic E-state index is -0.887. The van der Waals surface area contributed by atoms with Gasteiger partial charge in [-0.15, -0.1) is 0 Å². The van der Waals surface area contributed by atoms with Crippen LogP contribution in [-0.4, -0.2) is 54.7 Å². The van der Waals surface area contributed by atoms with Gasteiger partial charge in [-0.1, -0.05) is 205 Å². The molecule has 10 aromatic rings. The van der Waals surface area contributed by atoms with E-state index in [2.05, 4.69) is 160 Å². The van der Waals surface area contributed by atoms with E-state index in [9.17, 15) is 9.59 Å². The molecule has 6 aromatic carbocycles. The molecule has 0 aliphatic heterocycles. The average Bonchev–Trinajstić information content (AvgIpc) is 0.905. The number of aromatic amines is 1. The summed E-state index contributed by atoms with van der Waals surface area (Å²) in [6, 6.07) is 65.7. The number of H-pyrrole nitrogens is 1. The van der Waals surface area contributed by atoms with Gasteiger partial charge >= 0.3 is 11.9 Å². The summed E-state index contributed by atoms with van der Waals surface area (Å²) in [5.74, 6) is 3.01. The number of nitrogens with two attached hydrogens (primary N) is 2. The van der Waals surface area contributed by atoms with Crippen LogP contribution in [0.15, 0.2) is 238 Å². The Labute approximate surface area is 549 Å². The molecule has 0 saturated heterocycles. The molecule has 0 aliphatic carbocycles. The van der Waals surface area contributed by atoms with Crippen molar-refractivity contribution < 1.29 is 38.3 Å². The molecule has 0 spiro atoms. The summed E-state index contributed by atoms with van der Waals surface area (Å²) in [6.45, 7) is 23.2. The van der Waals surface area contributed by atoms with Gasteiger partial charge in [0.2, 0.25) is 0 Å². The molecule has 3 unspecified atom stereocenters. The normalized spacial score (nSPS) is 12.7. The highest BCUT2D eigenvalue weighted by atomic mass is 16.8. The third-order valence-electron chi connectivity index (χ3n) is 15.2. The molecule has 0 amide bonds. The molecule has 94 heavy (non-hydrogen) atoms. The predicted molar refractivity (Wildman–Crippen MR) is 366 cm³/mol. The monoisotopic (exact) mass is 1270 g/mol. The van der Waals surface area contributed by atoms with Gasteiger partial charge < -0.3 is 35.6 Å². The number of oxime groups is 2. The second-order valence-corrected chi connectivity index (χ2v) is 25.5. The number of rotatable bonds is 20. The molecule has 0 radical (unpaired) electrons. The minimum absolute atomic E-state index is 0.0000520. The molecule has 0 bridgehead atoms. The first-order chi connectivity index (χ1) is 45.1. The molecule has 4 heterocycles. The van der Waals surface area contributed by atoms with Crippen LogP contribution in [0.3, 0.4) is 0 Å². The van der Waals surface area contributed by atoms with Crippen molar-refractivity contribution in [3.05, 3.63) is 291 Å². The van der Waals surface area contributed by atoms with E-state index in [1.807, 2.05) is 152 Å². The summed E-state index contributed by atoms with van der Waals surface area (Å²) in [7, 11) is 0. The number of pyridine rings is 3. The summed E-state index contributed by atoms with van der Waals surface area (Å²) in [5.41, 5.74) is 23.5. The van der Waals surface area contributed by atoms with Crippen molar-refractivity contribution in [1.29, 1.82) is 0 Å². The second kappa shape index (κ2) is 32.4. The Morgan fingerprint density at radius 1 is 0.489 bits per heavy atom. The Balaban J connectivity index is 0.000000181. The second-order valence-electron chi connectivity index (χ2n) is 25.5. The van der Waals surface area contributed by atoms with E-state index >= 15 is 0 Å². The van der Waals surface area contributed by atoms with Crippen LogP contribution in [0.5, 0.6) is 17.2 Å². The maximum absolute atomic E-state index is 11.3. The molecule has 486 valence electrons. The van der Waals surface area contributed by atoms with Gasteiger partial charge in [-0.05, 0) is 129 Å². The van der Waals surface area contributed by atoms with Crippen molar-refractivity contribution in [3.63, 3.8) is 0 Å². The predicted octanol–water partition coefficient (Wildman–Crippen LogP) is 15.7. The lowest BCUT2D eigenvalue weighted by molar-refractivity contribution is 0.0612. The standard InChI is InChI=1S/C27H31N3O4.C25H25N3O3.C24H27N3O2/c1-5-32-26(31)34-30-25(28)21-11-9-19(10-12-21)24(27(2,3)4)20-13-15-23(16-14-20)33-18-22-8-6-7-17-29-22;1-25(2,3)22(17-7-9-19(10-8-17)23-27-24(29)31-28-23)18-11-13-21(14-12-18)30-16-20-6-4-5-15-26-20;1-24(2,3)22(17-7-9-19(10-8-17)23(25)27-28)18-11-13-21(14-12-18)29-16-20-6-4-5-15-26-20/h6-17,24H,5,18H2,1-4H3,(H2,28,30);4-15,22H,16H2,1-3H3,(H,27,28,29);4-15,22,28H,16H2,1-3H3,(H2,25,27). The van der Waals surface area contributed by atoms with Crippen LogP contribution < -0.4 is 31.4 Å². The third-order valence-corrected chi connectivity index (χ3v) is 15.2. The molecule has 4 aromatic heterocycles. The van der Waals surface area contributed by atoms with Crippen LogP contribution >= 0.6 is 0 Å². The van der Waals surface area contributed by atoms with Gasteiger partial charge in [-0.3, -0.25) is 29.3 Å². The SMILES string of the molecule is CC(C)(C)C(c1ccc(OCc2ccccn2)cc1)c1ccc(-c2noc(=O)[nH]2)cc1.CC(C)(C)C(c1ccc(OCc2ccccn2)cc1)c1ccc(/C(N)=N\O)cc1.CCOC(=O)O/N=C(/N)c1ccc(C(c2ccc(OCc3ccccn3)cc2)C(C)(C)C)cc1. The van der Waals surface area contributed by atoms with E-state index in [1.54, 1.807) is 25.5 Å². The summed E-state index contributed by atoms with van der Waals surface area (Å²) in [6.07, 6.45) is 4.40. The summed E-state index contributed by atoms with van der Waals surface area (Å²) in [5, 5.41) is 19.3. The van der Waals surface area contributed by atoms with Crippen LogP contribution in [-0.2, 0) is 29.4 Å². The third kappa shape index (κ3) is 20.1. The highest BCUT2D eigenvalue weighted by Crippen LogP contribution is 2.44. The van der Waals surface area contributed by atoms with Crippen molar-refractivity contribution in [2.45, 2.75) is 107 Å². The number of ether oxygens (including phenoxy) is 4. The van der Waals surface area contributed by atoms with Gasteiger partial charge in [0.1, 0.15) is 37.1 Å². The van der Waals surface area contributed by atoms with Crippen molar-refractivity contribution in [1.82, 2.24) is 25.1 Å². The molecule has 0 saturated carbocycles. The molecule has 18 nitrogen and oxygen atoms in total. The number of carbonyl (C=O) groups is 1. The summed E-state index contributed by atoms with van der Waals surface area (Å²) in [4.78, 5) is 42.6. The van der Waals surface area contributed by atoms with Crippen molar-refractivity contribution in [3.8, 4) is 28.6 Å². The first-order valence-electron chi connectivity index (χ1n) is 31.0. The number of amidine groups is 2. The Morgan fingerprint density at radius 2 is 0.819 bits per heavy atom. The van der Waals surface area contributed by atoms with Gasteiger partial charge in [0.05, 0.1) is 23.7 Å². The number of carbonyl (C=O) groups excluding carboxylic acids is 1. The van der Waals surface area contributed by atoms with Crippen molar-refractivity contribution in [2.24, 2.45) is 38.0 Å². The Kier molecular flexibility index (Phi) is 23.8. The van der Waals surface area contributed by atoms with Crippen molar-refractivity contribution in [2.75, 3.05) is 6.61 Å². The summed E-state index contributed by atoms with van der Waals surface area (Å²) < 4.78 is 26.9. The van der Waals surface area contributed by atoms with Gasteiger partial charge in [-0.2, -0.15) is 0 Å². The maximum atomic E-state index is 11.3. The Bertz CT molecular complexity index is 4050. The van der Waals surface area contributed by atoms with Crippen LogP contribution in [0.2, 0.25) is 0 Å². The zero-order chi connectivity index (χ0) is 67.3. The number of nitrogens with zero attached hydrogens (tertiary/aromatic N) is 6. The molecular weight excluding hydrogens is 1180 g/mol. The van der Waals surface area contributed by atoms with Gasteiger partial charge in [0.15, 0.2) is 17.5 Å². The molecule has 10 rings (SSSR count). The Morgan fingerprint density at radius 3 is 1.11 bits per heavy atom. The van der Waals surface area contributed by atoms with Crippen LogP contribution in [0.4, 0.5) is 4.79 Å². The summed E-state index contributed by atoms with van der Waals surface area (Å²) >= 11 is 0. The van der Waals surface area contributed by atoms with E-state index in [0.29, 0.717) is 36.8 Å². The lowest BCUT2D eigenvalue weighted by Crippen LogP contribution is -2.20. The lowest BCUT2D eigenvalue weighted by Gasteiger charge is -2.32. The highest BCUT2D eigenvalue weighted by Gasteiger charge is 2.31. The Hall–Kier alpha value is -10.9. The first kappa shape index (κ1) is 69.0. The first-order valence-corrected chi connectivity index (χ1v) is 31.0. The van der Waals surface area contributed by atoms with Crippen LogP contribution in [0.1, 0.15) is 149 Å². The quantitative estimate of drug-likeness (QED) is 0.0138. The van der Waals surface area contributed by atoms with E-state index in [0.717, 1.165) is 45.5 Å². The number of hydrogen-bond donors (Lipinski definition) is 4. The number of hydrogen-bond acceptors (Lipinski definition) is 15. The van der Waals surface area contributed by atoms with Crippen molar-refractivity contribution >= 4 is 17.8 Å². The fraction of sp³-hybridized carbons (Fsp3) is 0.263. The molecule has 3 atom stereocenters. The van der Waals surface area contributed by atoms with E-state index in [-0.39, 0.29) is 52.3 Å². The number of benzene rings is 6. The molecular formula is C76H83N9O9. The van der Waals surface area contributed by atoms with Gasteiger partial charge in [0.25, 0.3) is 0 Å². The molecule has 18 heteroatoms. The minimum Gasteiger partial charge on any atom is -0.487 e. The van der Waals surface area contributed by atoms with Crippen LogP contribution in [0.25, 0.3) is 11.4 Å². The average molecular weight is 1270 g/mol. The highest BCUT2D eigenvalue weighted by molar-refractivity contribution is 5.97. The van der Waals surface area contributed by atoms with E-state index in [1.165, 1.54) is 27.8 Å². The molecule has 0 fully saturated rings. The van der Waals surface area contributed by atoms with Gasteiger partial charge in [0, 0.05) is 53.0 Å². The number of aromatic nitrogens is 5. The van der Waals surface area contributed by atoms with Crippen LogP contribution in [0, 0.1) is 16.2 Å². The maximum Gasteiger partial charge on any atom is 0.535 e. The lowest BCUT2D eigenvalue weighted by atomic mass is 9.72. The fourth-order valence-electron chi connectivity index (χ4n) is 11.0. The van der Waals surface area contributed by atoms with E-state index < -0.39 is 11.9 Å². The number of nitrogens with one attached hydrogen (secondary N) is 1. The largest absolute Gasteiger partial charge is 0.535 e. The zero-order valence-corrected chi connectivity index (χ0v) is 54.9. The zero-order valence-electron chi connectivity index (χ0n) is 54.9.